The van der Waals surface area contributed by atoms with Gasteiger partial charge in [-0.2, -0.15) is 5.10 Å². The first-order valence-electron chi connectivity index (χ1n) is 5.73. The van der Waals surface area contributed by atoms with E-state index in [2.05, 4.69) is 32.0 Å². The maximum absolute atomic E-state index is 4.33. The van der Waals surface area contributed by atoms with Gasteiger partial charge in [-0.15, -0.1) is 0 Å². The first kappa shape index (κ1) is 10.1. The van der Waals surface area contributed by atoms with Crippen LogP contribution in [-0.2, 0) is 12.8 Å². The van der Waals surface area contributed by atoms with Gasteiger partial charge in [0.15, 0.2) is 0 Å². The third-order valence-corrected chi connectivity index (χ3v) is 3.05. The van der Waals surface area contributed by atoms with Gasteiger partial charge in [0.1, 0.15) is 6.26 Å². The van der Waals surface area contributed by atoms with E-state index in [0.717, 1.165) is 0 Å². The van der Waals surface area contributed by atoms with E-state index in [-0.39, 0.29) is 0 Å². The zero-order valence-corrected chi connectivity index (χ0v) is 9.39. The van der Waals surface area contributed by atoms with Crippen molar-refractivity contribution in [2.24, 2.45) is 0 Å². The monoisotopic (exact) mass is 227 g/mol. The molecule has 1 aliphatic rings. The molecule has 3 aromatic rings. The largest absolute Gasteiger partial charge is 0.365 e. The summed E-state index contributed by atoms with van der Waals surface area (Å²) in [5.74, 6) is 0. The molecule has 0 aliphatic heterocycles. The lowest BCUT2D eigenvalue weighted by Gasteiger charge is -1.98. The minimum atomic E-state index is 1.18. The summed E-state index contributed by atoms with van der Waals surface area (Å²) in [6, 6.07) is 6.08. The number of fused-ring (bicyclic) bond motifs is 3. The van der Waals surface area contributed by atoms with Crippen molar-refractivity contribution in [3.8, 4) is 0 Å². The smallest absolute Gasteiger partial charge is 0.123 e. The minimum absolute atomic E-state index is 1.18. The van der Waals surface area contributed by atoms with E-state index in [1.165, 1.54) is 47.6 Å². The third kappa shape index (κ3) is 1.93. The summed E-state index contributed by atoms with van der Waals surface area (Å²) in [5.41, 5.74) is 4.21. The lowest BCUT2D eigenvalue weighted by Crippen LogP contribution is -1.81. The van der Waals surface area contributed by atoms with E-state index in [0.29, 0.717) is 0 Å². The van der Waals surface area contributed by atoms with E-state index in [9.17, 15) is 0 Å². The number of hydrogen-bond acceptors (Lipinski definition) is 3. The van der Waals surface area contributed by atoms with Crippen molar-refractivity contribution in [3.63, 3.8) is 0 Å². The average molecular weight is 227 g/mol. The molecule has 86 valence electrons. The van der Waals surface area contributed by atoms with Crippen LogP contribution in [0.1, 0.15) is 17.5 Å². The average Bonchev–Trinajstić information content (AvgIpc) is 3.12. The Morgan fingerprint density at radius 1 is 1.24 bits per heavy atom. The van der Waals surface area contributed by atoms with Crippen LogP contribution < -0.4 is 0 Å². The molecular weight excluding hydrogens is 214 g/mol. The van der Waals surface area contributed by atoms with Crippen LogP contribution >= 0.6 is 0 Å². The topological polar surface area (TPSA) is 54.7 Å². The molecule has 0 amide bonds. The van der Waals surface area contributed by atoms with Crippen LogP contribution in [0.15, 0.2) is 41.4 Å². The third-order valence-electron chi connectivity index (χ3n) is 3.05. The minimum Gasteiger partial charge on any atom is -0.365 e. The molecular formula is C13H13N3O. The highest BCUT2D eigenvalue weighted by molar-refractivity contribution is 5.83. The fraction of sp³-hybridized carbons (Fsp3) is 0.231. The van der Waals surface area contributed by atoms with Crippen LogP contribution in [-0.4, -0.2) is 15.4 Å². The van der Waals surface area contributed by atoms with Gasteiger partial charge in [0, 0.05) is 5.39 Å². The second kappa shape index (κ2) is 4.41. The van der Waals surface area contributed by atoms with Gasteiger partial charge >= 0.3 is 0 Å². The van der Waals surface area contributed by atoms with Crippen molar-refractivity contribution in [1.29, 1.82) is 0 Å². The fourth-order valence-electron chi connectivity index (χ4n) is 2.28. The molecule has 0 spiro atoms. The van der Waals surface area contributed by atoms with Crippen LogP contribution in [0.5, 0.6) is 0 Å². The molecule has 0 bridgehead atoms. The highest BCUT2D eigenvalue weighted by Crippen LogP contribution is 2.28. The molecule has 2 aromatic heterocycles. The van der Waals surface area contributed by atoms with Gasteiger partial charge in [0.25, 0.3) is 0 Å². The van der Waals surface area contributed by atoms with Crippen LogP contribution in [0.4, 0.5) is 0 Å². The lowest BCUT2D eigenvalue weighted by atomic mass is 10.1. The summed E-state index contributed by atoms with van der Waals surface area (Å²) in [6.07, 6.45) is 8.82. The van der Waals surface area contributed by atoms with Gasteiger partial charge in [-0.3, -0.25) is 5.10 Å². The maximum atomic E-state index is 4.33. The first-order valence-corrected chi connectivity index (χ1v) is 5.73. The van der Waals surface area contributed by atoms with E-state index >= 15 is 0 Å². The molecule has 4 nitrogen and oxygen atoms in total. The van der Waals surface area contributed by atoms with Crippen LogP contribution in [0, 0.1) is 0 Å². The number of H-pyrrole nitrogens is 1. The van der Waals surface area contributed by atoms with Gasteiger partial charge < -0.3 is 4.52 Å². The SMILES string of the molecule is c1cc2[nH]ncc2c2c1CCC2.c1cnoc1. The molecule has 0 saturated heterocycles. The van der Waals surface area contributed by atoms with Crippen molar-refractivity contribution >= 4 is 10.9 Å². The zero-order chi connectivity index (χ0) is 11.5. The standard InChI is InChI=1S/C10H10N2.C3H3NO/c1-2-7-4-5-10-9(6-11-12-10)8(7)3-1;1-2-4-5-3-1/h4-6H,1-3H2,(H,11,12);1-3H. The number of rotatable bonds is 0. The molecule has 1 N–H and O–H groups in total. The molecule has 0 atom stereocenters. The molecule has 2 heterocycles. The molecule has 0 saturated carbocycles. The Balaban J connectivity index is 0.000000153. The number of hydrogen-bond donors (Lipinski definition) is 1. The summed E-state index contributed by atoms with van der Waals surface area (Å²) in [7, 11) is 0. The lowest BCUT2D eigenvalue weighted by molar-refractivity contribution is 0.420. The Labute approximate surface area is 98.6 Å². The number of aromatic nitrogens is 3. The second-order valence-electron chi connectivity index (χ2n) is 4.08. The van der Waals surface area contributed by atoms with Gasteiger partial charge in [-0.1, -0.05) is 11.2 Å². The predicted molar refractivity (Wildman–Crippen MR) is 64.6 cm³/mol. The van der Waals surface area contributed by atoms with Crippen LogP contribution in [0.25, 0.3) is 10.9 Å². The number of nitrogens with zero attached hydrogens (tertiary/aromatic N) is 2. The highest BCUT2D eigenvalue weighted by atomic mass is 16.5. The molecule has 0 radical (unpaired) electrons. The van der Waals surface area contributed by atoms with Gasteiger partial charge in [-0.05, 0) is 42.5 Å². The molecule has 1 aliphatic carbocycles. The summed E-state index contributed by atoms with van der Waals surface area (Å²) in [6.45, 7) is 0. The molecule has 17 heavy (non-hydrogen) atoms. The van der Waals surface area contributed by atoms with Crippen molar-refractivity contribution in [3.05, 3.63) is 48.0 Å². The molecule has 4 rings (SSSR count). The zero-order valence-electron chi connectivity index (χ0n) is 9.39. The number of nitrogens with one attached hydrogen (secondary N) is 1. The number of benzene rings is 1. The molecule has 4 heteroatoms. The van der Waals surface area contributed by atoms with Crippen molar-refractivity contribution in [2.75, 3.05) is 0 Å². The Kier molecular flexibility index (Phi) is 2.62. The first-order chi connectivity index (χ1) is 8.45. The van der Waals surface area contributed by atoms with E-state index in [1.807, 2.05) is 6.20 Å². The second-order valence-corrected chi connectivity index (χ2v) is 4.08. The van der Waals surface area contributed by atoms with E-state index < -0.39 is 0 Å². The summed E-state index contributed by atoms with van der Waals surface area (Å²) in [4.78, 5) is 0. The fourth-order valence-corrected chi connectivity index (χ4v) is 2.28. The van der Waals surface area contributed by atoms with Crippen molar-refractivity contribution in [2.45, 2.75) is 19.3 Å². The number of aryl methyl sites for hydroxylation is 2. The Bertz CT molecular complexity index is 581. The summed E-state index contributed by atoms with van der Waals surface area (Å²) >= 11 is 0. The molecule has 0 fully saturated rings. The van der Waals surface area contributed by atoms with E-state index in [4.69, 9.17) is 0 Å². The number of aromatic amines is 1. The molecule has 1 aromatic carbocycles. The normalized spacial score (nSPS) is 13.2. The Morgan fingerprint density at radius 2 is 2.24 bits per heavy atom. The summed E-state index contributed by atoms with van der Waals surface area (Å²) in [5, 5.41) is 11.7. The van der Waals surface area contributed by atoms with Crippen molar-refractivity contribution < 1.29 is 4.52 Å². The van der Waals surface area contributed by atoms with Gasteiger partial charge in [0.2, 0.25) is 0 Å². The summed E-state index contributed by atoms with van der Waals surface area (Å²) < 4.78 is 4.33. The van der Waals surface area contributed by atoms with Crippen LogP contribution in [0.3, 0.4) is 0 Å². The van der Waals surface area contributed by atoms with E-state index in [1.54, 1.807) is 12.3 Å². The van der Waals surface area contributed by atoms with Crippen molar-refractivity contribution in [1.82, 2.24) is 15.4 Å². The van der Waals surface area contributed by atoms with Crippen LogP contribution in [0.2, 0.25) is 0 Å². The predicted octanol–water partition coefficient (Wildman–Crippen LogP) is 2.73. The quantitative estimate of drug-likeness (QED) is 0.642. The highest BCUT2D eigenvalue weighted by Gasteiger charge is 2.13. The maximum Gasteiger partial charge on any atom is 0.123 e. The molecule has 0 unspecified atom stereocenters. The van der Waals surface area contributed by atoms with Gasteiger partial charge in [0.05, 0.1) is 17.9 Å². The van der Waals surface area contributed by atoms with Gasteiger partial charge in [-0.25, -0.2) is 0 Å². The Hall–Kier alpha value is -2.10. The Morgan fingerprint density at radius 3 is 3.00 bits per heavy atom.